The lowest BCUT2D eigenvalue weighted by Crippen LogP contribution is -2.31. The first-order valence-electron chi connectivity index (χ1n) is 2.91. The summed E-state index contributed by atoms with van der Waals surface area (Å²) >= 11 is 0. The predicted octanol–water partition coefficient (Wildman–Crippen LogP) is -0.458. The van der Waals surface area contributed by atoms with E-state index in [0.717, 1.165) is 0 Å². The smallest absolute Gasteiger partial charge is 0.264 e. The lowest BCUT2D eigenvalue weighted by atomic mass is 10.4. The van der Waals surface area contributed by atoms with Crippen LogP contribution in [0.15, 0.2) is 0 Å². The van der Waals surface area contributed by atoms with Crippen molar-refractivity contribution in [2.24, 2.45) is 0 Å². The number of carbonyl (C=O) groups excluding carboxylic acids is 1. The van der Waals surface area contributed by atoms with E-state index in [1.807, 2.05) is 0 Å². The molecule has 0 saturated carbocycles. The highest BCUT2D eigenvalue weighted by atomic mass is 16.5. The van der Waals surface area contributed by atoms with Crippen molar-refractivity contribution in [1.82, 2.24) is 10.4 Å². The molecule has 2 atom stereocenters. The van der Waals surface area contributed by atoms with Crippen LogP contribution in [-0.4, -0.2) is 28.4 Å². The van der Waals surface area contributed by atoms with E-state index in [-0.39, 0.29) is 18.1 Å². The third-order valence-corrected chi connectivity index (χ3v) is 1.45. The molecule has 0 bridgehead atoms. The molecule has 1 heterocycles. The third-order valence-electron chi connectivity index (χ3n) is 1.45. The van der Waals surface area contributed by atoms with Crippen molar-refractivity contribution in [1.29, 1.82) is 0 Å². The molecule has 1 aliphatic heterocycles. The number of nitrogens with one attached hydrogen (secondary N) is 1. The van der Waals surface area contributed by atoms with Crippen LogP contribution < -0.4 is 5.32 Å². The van der Waals surface area contributed by atoms with Crippen molar-refractivity contribution in [3.05, 3.63) is 0 Å². The van der Waals surface area contributed by atoms with Crippen LogP contribution in [0.3, 0.4) is 0 Å². The number of amides is 1. The Morgan fingerprint density at radius 3 is 2.33 bits per heavy atom. The number of hydrogen-bond acceptors (Lipinski definition) is 3. The van der Waals surface area contributed by atoms with E-state index in [1.54, 1.807) is 13.8 Å². The van der Waals surface area contributed by atoms with Crippen LogP contribution in [0.5, 0.6) is 0 Å². The summed E-state index contributed by atoms with van der Waals surface area (Å²) in [6.45, 7) is 3.44. The van der Waals surface area contributed by atoms with E-state index < -0.39 is 0 Å². The van der Waals surface area contributed by atoms with Gasteiger partial charge < -0.3 is 0 Å². The molecule has 9 heavy (non-hydrogen) atoms. The van der Waals surface area contributed by atoms with Gasteiger partial charge in [-0.3, -0.25) is 15.3 Å². The Kier molecular flexibility index (Phi) is 1.42. The Bertz CT molecular complexity index is 137. The van der Waals surface area contributed by atoms with Crippen molar-refractivity contribution < 1.29 is 10.0 Å². The van der Waals surface area contributed by atoms with Crippen LogP contribution in [0.4, 0.5) is 0 Å². The fourth-order valence-electron chi connectivity index (χ4n) is 0.893. The molecule has 1 amide bonds. The molecular formula is C5H10N2O2. The maximum atomic E-state index is 10.7. The summed E-state index contributed by atoms with van der Waals surface area (Å²) in [5.41, 5.74) is 0. The van der Waals surface area contributed by atoms with Crippen molar-refractivity contribution in [2.75, 3.05) is 0 Å². The van der Waals surface area contributed by atoms with Gasteiger partial charge in [-0.05, 0) is 13.8 Å². The minimum atomic E-state index is -0.262. The van der Waals surface area contributed by atoms with Gasteiger partial charge in [0.1, 0.15) is 6.17 Å². The normalized spacial score (nSPS) is 35.9. The Morgan fingerprint density at radius 1 is 1.67 bits per heavy atom. The third kappa shape index (κ3) is 0.906. The quantitative estimate of drug-likeness (QED) is 0.436. The van der Waals surface area contributed by atoms with Crippen LogP contribution in [0, 0.1) is 0 Å². The standard InChI is InChI=1S/C5H10N2O2/c1-3-5(8)7(9)4(2)6-3/h3-4,6,9H,1-2H3. The molecule has 0 spiro atoms. The average Bonchev–Trinajstić information content (AvgIpc) is 1.98. The lowest BCUT2D eigenvalue weighted by Gasteiger charge is -2.09. The highest BCUT2D eigenvalue weighted by Crippen LogP contribution is 2.05. The summed E-state index contributed by atoms with van der Waals surface area (Å²) in [6.07, 6.45) is -0.243. The average molecular weight is 130 g/mol. The minimum Gasteiger partial charge on any atom is -0.284 e. The molecule has 4 heteroatoms. The number of hydrogen-bond donors (Lipinski definition) is 2. The molecule has 0 aromatic rings. The predicted molar refractivity (Wildman–Crippen MR) is 30.7 cm³/mol. The second-order valence-corrected chi connectivity index (χ2v) is 2.25. The van der Waals surface area contributed by atoms with Crippen molar-refractivity contribution in [3.63, 3.8) is 0 Å². The molecule has 4 nitrogen and oxygen atoms in total. The maximum Gasteiger partial charge on any atom is 0.264 e. The number of rotatable bonds is 0. The molecule has 0 radical (unpaired) electrons. The summed E-state index contributed by atoms with van der Waals surface area (Å²) in [4.78, 5) is 10.7. The molecule has 0 aromatic carbocycles. The molecular weight excluding hydrogens is 120 g/mol. The molecule has 52 valence electrons. The monoisotopic (exact) mass is 130 g/mol. The van der Waals surface area contributed by atoms with Gasteiger partial charge in [0.15, 0.2) is 0 Å². The van der Waals surface area contributed by atoms with Gasteiger partial charge in [-0.15, -0.1) is 0 Å². The van der Waals surface area contributed by atoms with E-state index >= 15 is 0 Å². The van der Waals surface area contributed by atoms with Crippen LogP contribution in [0.1, 0.15) is 13.8 Å². The van der Waals surface area contributed by atoms with E-state index in [4.69, 9.17) is 5.21 Å². The summed E-state index contributed by atoms with van der Waals surface area (Å²) in [5, 5.41) is 12.4. The van der Waals surface area contributed by atoms with Crippen LogP contribution in [0.25, 0.3) is 0 Å². The summed E-state index contributed by atoms with van der Waals surface area (Å²) in [7, 11) is 0. The van der Waals surface area contributed by atoms with Crippen LogP contribution in [-0.2, 0) is 4.79 Å². The molecule has 0 aliphatic carbocycles. The van der Waals surface area contributed by atoms with Gasteiger partial charge in [0.25, 0.3) is 5.91 Å². The van der Waals surface area contributed by atoms with Crippen LogP contribution in [0.2, 0.25) is 0 Å². The summed E-state index contributed by atoms with van der Waals surface area (Å²) < 4.78 is 0. The Morgan fingerprint density at radius 2 is 2.22 bits per heavy atom. The zero-order valence-corrected chi connectivity index (χ0v) is 5.46. The fourth-order valence-corrected chi connectivity index (χ4v) is 0.893. The zero-order valence-electron chi connectivity index (χ0n) is 5.46. The van der Waals surface area contributed by atoms with E-state index in [0.29, 0.717) is 5.06 Å². The molecule has 1 fully saturated rings. The highest BCUT2D eigenvalue weighted by Gasteiger charge is 2.31. The van der Waals surface area contributed by atoms with E-state index in [2.05, 4.69) is 5.32 Å². The number of carbonyl (C=O) groups is 1. The van der Waals surface area contributed by atoms with Gasteiger partial charge in [0, 0.05) is 0 Å². The van der Waals surface area contributed by atoms with Crippen LogP contribution >= 0.6 is 0 Å². The zero-order chi connectivity index (χ0) is 7.02. The van der Waals surface area contributed by atoms with Gasteiger partial charge in [0.05, 0.1) is 6.04 Å². The second kappa shape index (κ2) is 1.97. The Labute approximate surface area is 53.4 Å². The lowest BCUT2D eigenvalue weighted by molar-refractivity contribution is -0.164. The van der Waals surface area contributed by atoms with Gasteiger partial charge in [0.2, 0.25) is 0 Å². The summed E-state index contributed by atoms with van der Waals surface area (Å²) in [5.74, 6) is -0.262. The van der Waals surface area contributed by atoms with Gasteiger partial charge >= 0.3 is 0 Å². The first-order valence-corrected chi connectivity index (χ1v) is 2.91. The topological polar surface area (TPSA) is 52.6 Å². The molecule has 1 aliphatic rings. The molecule has 1 rings (SSSR count). The van der Waals surface area contributed by atoms with Crippen molar-refractivity contribution >= 4 is 5.91 Å². The Balaban J connectivity index is 2.65. The first-order chi connectivity index (χ1) is 4.13. The SMILES string of the molecule is CC1NC(C)N(O)C1=O. The summed E-state index contributed by atoms with van der Waals surface area (Å²) in [6, 6.07) is -0.245. The molecule has 2 unspecified atom stereocenters. The largest absolute Gasteiger partial charge is 0.284 e. The minimum absolute atomic E-state index is 0.243. The van der Waals surface area contributed by atoms with Crippen molar-refractivity contribution in [2.45, 2.75) is 26.1 Å². The van der Waals surface area contributed by atoms with E-state index in [1.165, 1.54) is 0 Å². The van der Waals surface area contributed by atoms with Gasteiger partial charge in [-0.1, -0.05) is 0 Å². The highest BCUT2D eigenvalue weighted by molar-refractivity contribution is 5.82. The van der Waals surface area contributed by atoms with Gasteiger partial charge in [-0.25, -0.2) is 5.06 Å². The Hall–Kier alpha value is -0.610. The second-order valence-electron chi connectivity index (χ2n) is 2.25. The molecule has 0 aromatic heterocycles. The van der Waals surface area contributed by atoms with E-state index in [9.17, 15) is 4.79 Å². The van der Waals surface area contributed by atoms with Gasteiger partial charge in [-0.2, -0.15) is 0 Å². The maximum absolute atomic E-state index is 10.7. The first kappa shape index (κ1) is 6.51. The number of hydroxylamine groups is 2. The number of nitrogens with zero attached hydrogens (tertiary/aromatic N) is 1. The fraction of sp³-hybridized carbons (Fsp3) is 0.800. The van der Waals surface area contributed by atoms with Crippen molar-refractivity contribution in [3.8, 4) is 0 Å². The molecule has 1 saturated heterocycles. The molecule has 2 N–H and O–H groups in total.